The fourth-order valence-electron chi connectivity index (χ4n) is 1.53. The van der Waals surface area contributed by atoms with E-state index in [2.05, 4.69) is 29.9 Å². The molecule has 0 radical (unpaired) electrons. The minimum absolute atomic E-state index is 0.542. The Labute approximate surface area is 84.4 Å². The summed E-state index contributed by atoms with van der Waals surface area (Å²) in [6.45, 7) is 4.36. The first-order valence-electron chi connectivity index (χ1n) is 4.93. The van der Waals surface area contributed by atoms with Crippen LogP contribution in [0.3, 0.4) is 0 Å². The van der Waals surface area contributed by atoms with E-state index < -0.39 is 0 Å². The van der Waals surface area contributed by atoms with Crippen LogP contribution in [-0.2, 0) is 0 Å². The zero-order valence-corrected chi connectivity index (χ0v) is 8.57. The van der Waals surface area contributed by atoms with Crippen LogP contribution in [0, 0.1) is 5.92 Å². The normalized spacial score (nSPS) is 15.6. The molecule has 1 aromatic heterocycles. The van der Waals surface area contributed by atoms with Crippen LogP contribution in [0.1, 0.15) is 25.8 Å². The van der Waals surface area contributed by atoms with Gasteiger partial charge < -0.3 is 0 Å². The van der Waals surface area contributed by atoms with Crippen molar-refractivity contribution in [3.8, 4) is 0 Å². The number of hydrogen-bond acceptors (Lipinski definition) is 2. The average molecular weight is 186 g/mol. The van der Waals surface area contributed by atoms with Gasteiger partial charge >= 0.3 is 0 Å². The fraction of sp³-hybridized carbons (Fsp3) is 0.333. The maximum atomic E-state index is 4.42. The van der Waals surface area contributed by atoms with E-state index in [0.717, 1.165) is 6.42 Å². The number of aromatic nitrogens is 1. The molecule has 0 aliphatic carbocycles. The lowest BCUT2D eigenvalue weighted by Gasteiger charge is -2.05. The van der Waals surface area contributed by atoms with Crippen molar-refractivity contribution in [3.63, 3.8) is 0 Å². The molecule has 0 unspecified atom stereocenters. The molecular formula is C12H14N2. The predicted octanol–water partition coefficient (Wildman–Crippen LogP) is 2.92. The molecule has 0 aromatic carbocycles. The lowest BCUT2D eigenvalue weighted by Crippen LogP contribution is -2.04. The Morgan fingerprint density at radius 1 is 1.36 bits per heavy atom. The summed E-state index contributed by atoms with van der Waals surface area (Å²) in [7, 11) is 0. The van der Waals surface area contributed by atoms with Crippen LogP contribution >= 0.6 is 0 Å². The van der Waals surface area contributed by atoms with Crippen molar-refractivity contribution in [2.24, 2.45) is 10.9 Å². The Balaban J connectivity index is 2.13. The minimum atomic E-state index is 0.542. The molecule has 2 heteroatoms. The molecule has 2 heterocycles. The van der Waals surface area contributed by atoms with E-state index >= 15 is 0 Å². The average Bonchev–Trinajstić information content (AvgIpc) is 2.68. The van der Waals surface area contributed by atoms with Crippen LogP contribution in [0.15, 0.2) is 35.7 Å². The molecule has 72 valence electrons. The molecule has 0 atom stereocenters. The van der Waals surface area contributed by atoms with Gasteiger partial charge in [0.2, 0.25) is 0 Å². The number of allylic oxidation sites excluding steroid dienone is 1. The molecule has 0 saturated heterocycles. The molecule has 14 heavy (non-hydrogen) atoms. The number of pyridine rings is 1. The molecule has 0 bridgehead atoms. The Kier molecular flexibility index (Phi) is 2.44. The van der Waals surface area contributed by atoms with E-state index in [-0.39, 0.29) is 0 Å². The summed E-state index contributed by atoms with van der Waals surface area (Å²) >= 11 is 0. The minimum Gasteiger partial charge on any atom is -0.265 e. The Morgan fingerprint density at radius 3 is 2.79 bits per heavy atom. The predicted molar refractivity (Wildman–Crippen MR) is 59.1 cm³/mol. The van der Waals surface area contributed by atoms with Gasteiger partial charge in [0, 0.05) is 30.7 Å². The largest absolute Gasteiger partial charge is 0.265 e. The van der Waals surface area contributed by atoms with Crippen LogP contribution in [0.2, 0.25) is 0 Å². The zero-order valence-electron chi connectivity index (χ0n) is 8.57. The molecule has 1 aliphatic heterocycles. The second-order valence-corrected chi connectivity index (χ2v) is 3.85. The summed E-state index contributed by atoms with van der Waals surface area (Å²) in [5.74, 6) is 0.542. The third-order valence-corrected chi connectivity index (χ3v) is 2.46. The van der Waals surface area contributed by atoms with E-state index in [1.807, 2.05) is 18.5 Å². The molecule has 0 spiro atoms. The number of nitrogens with zero attached hydrogens (tertiary/aromatic N) is 2. The third-order valence-electron chi connectivity index (χ3n) is 2.46. The number of rotatable bonds is 2. The second-order valence-electron chi connectivity index (χ2n) is 3.85. The van der Waals surface area contributed by atoms with Crippen molar-refractivity contribution in [1.82, 2.24) is 4.98 Å². The lowest BCUT2D eigenvalue weighted by molar-refractivity contribution is 0.873. The fourth-order valence-corrected chi connectivity index (χ4v) is 1.53. The van der Waals surface area contributed by atoms with Crippen LogP contribution < -0.4 is 0 Å². The Bertz CT molecular complexity index is 375. The van der Waals surface area contributed by atoms with Crippen LogP contribution in [0.5, 0.6) is 0 Å². The quantitative estimate of drug-likeness (QED) is 0.697. The first-order valence-corrected chi connectivity index (χ1v) is 4.93. The van der Waals surface area contributed by atoms with Crippen molar-refractivity contribution < 1.29 is 0 Å². The summed E-state index contributed by atoms with van der Waals surface area (Å²) in [4.78, 5) is 8.53. The summed E-state index contributed by atoms with van der Waals surface area (Å²) in [6, 6.07) is 4.04. The first-order chi connectivity index (χ1) is 6.77. The number of hydrogen-bond donors (Lipinski definition) is 0. The molecule has 1 aliphatic rings. The molecule has 0 N–H and O–H groups in total. The summed E-state index contributed by atoms with van der Waals surface area (Å²) < 4.78 is 0. The van der Waals surface area contributed by atoms with Gasteiger partial charge in [-0.05, 0) is 23.1 Å². The molecule has 1 aromatic rings. The van der Waals surface area contributed by atoms with Crippen molar-refractivity contribution >= 4 is 11.3 Å². The van der Waals surface area contributed by atoms with Gasteiger partial charge in [0.25, 0.3) is 0 Å². The van der Waals surface area contributed by atoms with Crippen LogP contribution in [0.4, 0.5) is 0 Å². The maximum absolute atomic E-state index is 4.42. The van der Waals surface area contributed by atoms with E-state index in [4.69, 9.17) is 0 Å². The van der Waals surface area contributed by atoms with Gasteiger partial charge in [0.1, 0.15) is 0 Å². The Morgan fingerprint density at radius 2 is 2.21 bits per heavy atom. The molecule has 0 fully saturated rings. The highest BCUT2D eigenvalue weighted by Gasteiger charge is 2.14. The van der Waals surface area contributed by atoms with Gasteiger partial charge in [-0.15, -0.1) is 0 Å². The van der Waals surface area contributed by atoms with E-state index in [9.17, 15) is 0 Å². The van der Waals surface area contributed by atoms with Gasteiger partial charge in [0.15, 0.2) is 0 Å². The smallest absolute Gasteiger partial charge is 0.0343 e. The third kappa shape index (κ3) is 1.74. The molecule has 0 saturated carbocycles. The van der Waals surface area contributed by atoms with Gasteiger partial charge in [0.05, 0.1) is 0 Å². The van der Waals surface area contributed by atoms with Crippen molar-refractivity contribution in [3.05, 3.63) is 36.3 Å². The molecule has 2 rings (SSSR count). The highest BCUT2D eigenvalue weighted by Crippen LogP contribution is 2.25. The SMILES string of the molecule is CC(C)C1=NC=C(c2cccnc2)C1. The van der Waals surface area contributed by atoms with E-state index in [0.29, 0.717) is 5.92 Å². The molecule has 0 amide bonds. The lowest BCUT2D eigenvalue weighted by atomic mass is 9.99. The van der Waals surface area contributed by atoms with E-state index in [1.165, 1.54) is 16.8 Å². The van der Waals surface area contributed by atoms with Crippen LogP contribution in [-0.4, -0.2) is 10.7 Å². The van der Waals surface area contributed by atoms with Crippen molar-refractivity contribution in [2.45, 2.75) is 20.3 Å². The zero-order chi connectivity index (χ0) is 9.97. The van der Waals surface area contributed by atoms with Crippen molar-refractivity contribution in [2.75, 3.05) is 0 Å². The standard InChI is InChI=1S/C12H14N2/c1-9(2)12-6-11(8-14-12)10-4-3-5-13-7-10/h3-5,7-9H,6H2,1-2H3. The highest BCUT2D eigenvalue weighted by atomic mass is 14.7. The van der Waals surface area contributed by atoms with E-state index in [1.54, 1.807) is 6.20 Å². The second kappa shape index (κ2) is 3.74. The van der Waals surface area contributed by atoms with Crippen molar-refractivity contribution in [1.29, 1.82) is 0 Å². The maximum Gasteiger partial charge on any atom is 0.0343 e. The Hall–Kier alpha value is -1.44. The summed E-state index contributed by atoms with van der Waals surface area (Å²) in [6.07, 6.45) is 6.63. The molecular weight excluding hydrogens is 172 g/mol. The topological polar surface area (TPSA) is 25.2 Å². The highest BCUT2D eigenvalue weighted by molar-refractivity contribution is 5.99. The van der Waals surface area contributed by atoms with Crippen LogP contribution in [0.25, 0.3) is 5.57 Å². The summed E-state index contributed by atoms with van der Waals surface area (Å²) in [5, 5.41) is 0. The first kappa shape index (κ1) is 9.13. The van der Waals surface area contributed by atoms with Gasteiger partial charge in [-0.25, -0.2) is 0 Å². The van der Waals surface area contributed by atoms with Gasteiger partial charge in [-0.3, -0.25) is 9.98 Å². The van der Waals surface area contributed by atoms with Gasteiger partial charge in [-0.2, -0.15) is 0 Å². The molecule has 2 nitrogen and oxygen atoms in total. The summed E-state index contributed by atoms with van der Waals surface area (Å²) in [5.41, 5.74) is 3.73. The number of aliphatic imine (C=N–C) groups is 1. The monoisotopic (exact) mass is 186 g/mol. The van der Waals surface area contributed by atoms with Gasteiger partial charge in [-0.1, -0.05) is 19.9 Å².